The molecule has 0 aliphatic heterocycles. The first-order valence-corrected chi connectivity index (χ1v) is 9.71. The van der Waals surface area contributed by atoms with Crippen molar-refractivity contribution < 1.29 is 12.8 Å². The first-order chi connectivity index (χ1) is 12.4. The van der Waals surface area contributed by atoms with Crippen LogP contribution in [0.1, 0.15) is 16.7 Å². The van der Waals surface area contributed by atoms with Gasteiger partial charge in [0.15, 0.2) is 0 Å². The molecule has 0 saturated heterocycles. The van der Waals surface area contributed by atoms with Crippen molar-refractivity contribution in [2.75, 3.05) is 4.31 Å². The van der Waals surface area contributed by atoms with Crippen molar-refractivity contribution in [3.05, 3.63) is 95.3 Å². The fraction of sp³-hybridized carbons (Fsp3) is 0.143. The van der Waals surface area contributed by atoms with Crippen LogP contribution < -0.4 is 4.31 Å². The molecular weight excluding hydrogens is 349 g/mol. The predicted molar refractivity (Wildman–Crippen MR) is 102 cm³/mol. The third kappa shape index (κ3) is 3.78. The smallest absolute Gasteiger partial charge is 0.262 e. The van der Waals surface area contributed by atoms with Gasteiger partial charge in [-0.3, -0.25) is 4.31 Å². The second kappa shape index (κ2) is 7.30. The molecule has 0 radical (unpaired) electrons. The number of hydrogen-bond donors (Lipinski definition) is 0. The highest BCUT2D eigenvalue weighted by Gasteiger charge is 2.26. The van der Waals surface area contributed by atoms with Crippen molar-refractivity contribution in [2.24, 2.45) is 0 Å². The highest BCUT2D eigenvalue weighted by molar-refractivity contribution is 7.92. The molecule has 0 aromatic heterocycles. The van der Waals surface area contributed by atoms with E-state index in [1.807, 2.05) is 37.3 Å². The molecule has 3 aromatic carbocycles. The molecule has 3 rings (SSSR count). The summed E-state index contributed by atoms with van der Waals surface area (Å²) in [5.74, 6) is -0.453. The zero-order chi connectivity index (χ0) is 18.7. The van der Waals surface area contributed by atoms with Crippen LogP contribution in [0, 0.1) is 19.7 Å². The summed E-state index contributed by atoms with van der Waals surface area (Å²) in [4.78, 5) is 0.106. The molecule has 0 spiro atoms. The van der Waals surface area contributed by atoms with Gasteiger partial charge in [-0.2, -0.15) is 0 Å². The summed E-state index contributed by atoms with van der Waals surface area (Å²) >= 11 is 0. The lowest BCUT2D eigenvalue weighted by Gasteiger charge is -2.25. The fourth-order valence-electron chi connectivity index (χ4n) is 2.79. The van der Waals surface area contributed by atoms with Crippen LogP contribution in [0.15, 0.2) is 77.7 Å². The van der Waals surface area contributed by atoms with Gasteiger partial charge in [0.25, 0.3) is 10.0 Å². The zero-order valence-electron chi connectivity index (χ0n) is 14.7. The zero-order valence-corrected chi connectivity index (χ0v) is 15.5. The van der Waals surface area contributed by atoms with E-state index in [9.17, 15) is 12.8 Å². The SMILES string of the molecule is Cc1ccc(CN(c2ccccc2)S(=O)(=O)c2ccc(F)cc2C)cc1. The third-order valence-corrected chi connectivity index (χ3v) is 6.13. The van der Waals surface area contributed by atoms with Crippen LogP contribution in [0.5, 0.6) is 0 Å². The van der Waals surface area contributed by atoms with Gasteiger partial charge in [-0.25, -0.2) is 12.8 Å². The molecule has 5 heteroatoms. The minimum Gasteiger partial charge on any atom is -0.262 e. The molecule has 26 heavy (non-hydrogen) atoms. The van der Waals surface area contributed by atoms with Gasteiger partial charge >= 0.3 is 0 Å². The Morgan fingerprint density at radius 3 is 2.15 bits per heavy atom. The summed E-state index contributed by atoms with van der Waals surface area (Å²) in [6.07, 6.45) is 0. The second-order valence-corrected chi connectivity index (χ2v) is 8.07. The van der Waals surface area contributed by atoms with E-state index in [2.05, 4.69) is 0 Å². The molecule has 0 bridgehead atoms. The molecule has 0 aliphatic rings. The van der Waals surface area contributed by atoms with Crippen LogP contribution in [0.3, 0.4) is 0 Å². The molecule has 0 N–H and O–H groups in total. The van der Waals surface area contributed by atoms with Crippen LogP contribution in [-0.2, 0) is 16.6 Å². The summed E-state index contributed by atoms with van der Waals surface area (Å²) < 4.78 is 41.5. The summed E-state index contributed by atoms with van der Waals surface area (Å²) in [5, 5.41) is 0. The number of anilines is 1. The van der Waals surface area contributed by atoms with E-state index in [1.165, 1.54) is 22.5 Å². The lowest BCUT2D eigenvalue weighted by molar-refractivity contribution is 0.588. The van der Waals surface area contributed by atoms with Gasteiger partial charge in [0.2, 0.25) is 0 Å². The molecule has 0 atom stereocenters. The van der Waals surface area contributed by atoms with Gasteiger partial charge in [-0.15, -0.1) is 0 Å². The van der Waals surface area contributed by atoms with Crippen LogP contribution in [0.25, 0.3) is 0 Å². The van der Waals surface area contributed by atoms with Crippen LogP contribution in [-0.4, -0.2) is 8.42 Å². The molecule has 0 amide bonds. The van der Waals surface area contributed by atoms with E-state index in [1.54, 1.807) is 31.2 Å². The Morgan fingerprint density at radius 2 is 1.54 bits per heavy atom. The molecule has 0 aliphatic carbocycles. The van der Waals surface area contributed by atoms with Crippen LogP contribution >= 0.6 is 0 Å². The average Bonchev–Trinajstić information content (AvgIpc) is 2.61. The first-order valence-electron chi connectivity index (χ1n) is 8.27. The Bertz CT molecular complexity index is 1000. The predicted octanol–water partition coefficient (Wildman–Crippen LogP) is 4.84. The van der Waals surface area contributed by atoms with Gasteiger partial charge in [0.1, 0.15) is 5.82 Å². The fourth-order valence-corrected chi connectivity index (χ4v) is 4.45. The maximum Gasteiger partial charge on any atom is 0.264 e. The standard InChI is InChI=1S/C21H20FNO2S/c1-16-8-10-18(11-9-16)15-23(20-6-4-3-5-7-20)26(24,25)21-13-12-19(22)14-17(21)2/h3-14H,15H2,1-2H3. The van der Waals surface area contributed by atoms with Crippen molar-refractivity contribution >= 4 is 15.7 Å². The van der Waals surface area contributed by atoms with Gasteiger partial charge in [-0.1, -0.05) is 48.0 Å². The average molecular weight is 369 g/mol. The van der Waals surface area contributed by atoms with Gasteiger partial charge in [-0.05, 0) is 55.3 Å². The molecular formula is C21H20FNO2S. The Morgan fingerprint density at radius 1 is 0.885 bits per heavy atom. The number of halogens is 1. The van der Waals surface area contributed by atoms with Gasteiger partial charge in [0, 0.05) is 0 Å². The highest BCUT2D eigenvalue weighted by Crippen LogP contribution is 2.28. The molecule has 0 fully saturated rings. The van der Waals surface area contributed by atoms with E-state index in [0.717, 1.165) is 11.1 Å². The normalized spacial score (nSPS) is 11.3. The number of aryl methyl sites for hydroxylation is 2. The number of para-hydroxylation sites is 1. The molecule has 134 valence electrons. The van der Waals surface area contributed by atoms with E-state index < -0.39 is 15.8 Å². The monoisotopic (exact) mass is 369 g/mol. The van der Waals surface area contributed by atoms with Crippen LogP contribution in [0.2, 0.25) is 0 Å². The summed E-state index contributed by atoms with van der Waals surface area (Å²) in [6, 6.07) is 20.4. The number of hydrogen-bond acceptors (Lipinski definition) is 2. The van der Waals surface area contributed by atoms with Gasteiger partial charge < -0.3 is 0 Å². The summed E-state index contributed by atoms with van der Waals surface area (Å²) in [5.41, 5.74) is 2.94. The Labute approximate surface area is 153 Å². The van der Waals surface area contributed by atoms with Gasteiger partial charge in [0.05, 0.1) is 17.1 Å². The van der Waals surface area contributed by atoms with Crippen molar-refractivity contribution in [1.29, 1.82) is 0 Å². The maximum atomic E-state index is 13.4. The number of nitrogens with zero attached hydrogens (tertiary/aromatic N) is 1. The minimum atomic E-state index is -3.84. The summed E-state index contributed by atoms with van der Waals surface area (Å²) in [6.45, 7) is 3.78. The molecule has 0 heterocycles. The Hall–Kier alpha value is -2.66. The van der Waals surface area contributed by atoms with Crippen molar-refractivity contribution in [3.8, 4) is 0 Å². The highest BCUT2D eigenvalue weighted by atomic mass is 32.2. The van der Waals surface area contributed by atoms with E-state index >= 15 is 0 Å². The Balaban J connectivity index is 2.09. The lowest BCUT2D eigenvalue weighted by Crippen LogP contribution is -2.31. The Kier molecular flexibility index (Phi) is 5.09. The topological polar surface area (TPSA) is 37.4 Å². The second-order valence-electron chi connectivity index (χ2n) is 6.24. The van der Waals surface area contributed by atoms with Crippen molar-refractivity contribution in [2.45, 2.75) is 25.3 Å². The maximum absolute atomic E-state index is 13.4. The van der Waals surface area contributed by atoms with Crippen molar-refractivity contribution in [1.82, 2.24) is 0 Å². The molecule has 0 unspecified atom stereocenters. The lowest BCUT2D eigenvalue weighted by atomic mass is 10.1. The molecule has 0 saturated carbocycles. The third-order valence-electron chi connectivity index (χ3n) is 4.20. The first kappa shape index (κ1) is 18.1. The summed E-state index contributed by atoms with van der Waals surface area (Å²) in [7, 11) is -3.84. The van der Waals surface area contributed by atoms with E-state index in [0.29, 0.717) is 11.3 Å². The van der Waals surface area contributed by atoms with Crippen LogP contribution in [0.4, 0.5) is 10.1 Å². The molecule has 3 aromatic rings. The quantitative estimate of drug-likeness (QED) is 0.645. The van der Waals surface area contributed by atoms with E-state index in [4.69, 9.17) is 0 Å². The number of rotatable bonds is 5. The largest absolute Gasteiger partial charge is 0.264 e. The molecule has 3 nitrogen and oxygen atoms in total. The van der Waals surface area contributed by atoms with E-state index in [-0.39, 0.29) is 11.4 Å². The van der Waals surface area contributed by atoms with Crippen molar-refractivity contribution in [3.63, 3.8) is 0 Å². The number of benzene rings is 3. The minimum absolute atomic E-state index is 0.106. The number of sulfonamides is 1.